The summed E-state index contributed by atoms with van der Waals surface area (Å²) in [6.07, 6.45) is 1.45. The average Bonchev–Trinajstić information content (AvgIpc) is 2.74. The lowest BCUT2D eigenvalue weighted by Gasteiger charge is -2.21. The summed E-state index contributed by atoms with van der Waals surface area (Å²) in [5.41, 5.74) is 1.22. The first-order valence-corrected chi connectivity index (χ1v) is 9.41. The number of amidine groups is 1. The number of carbonyl (C=O) groups is 1. The van der Waals surface area contributed by atoms with Gasteiger partial charge in [0.1, 0.15) is 5.82 Å². The zero-order chi connectivity index (χ0) is 21.2. The maximum atomic E-state index is 13.4. The zero-order valence-corrected chi connectivity index (χ0v) is 17.3. The van der Waals surface area contributed by atoms with E-state index < -0.39 is 11.7 Å². The molecule has 0 heterocycles. The van der Waals surface area contributed by atoms with E-state index in [-0.39, 0.29) is 11.6 Å². The van der Waals surface area contributed by atoms with Crippen molar-refractivity contribution < 1.29 is 23.4 Å². The summed E-state index contributed by atoms with van der Waals surface area (Å²) in [5.74, 6) is 0.293. The fourth-order valence-corrected chi connectivity index (χ4v) is 2.62. The normalized spacial score (nSPS) is 11.1. The summed E-state index contributed by atoms with van der Waals surface area (Å²) in [5, 5.41) is 0. The van der Waals surface area contributed by atoms with E-state index in [0.717, 1.165) is 18.1 Å². The maximum Gasteiger partial charge on any atom is 0.295 e. The van der Waals surface area contributed by atoms with Crippen molar-refractivity contribution in [2.45, 2.75) is 19.8 Å². The number of carbonyl (C=O) groups excluding carboxylic acids is 1. The molecule has 0 unspecified atom stereocenters. The van der Waals surface area contributed by atoms with E-state index >= 15 is 0 Å². The number of benzene rings is 2. The van der Waals surface area contributed by atoms with Crippen molar-refractivity contribution in [1.29, 1.82) is 0 Å². The fraction of sp³-hybridized carbons (Fsp3) is 0.364. The Kier molecular flexibility index (Phi) is 8.45. The molecule has 0 aliphatic heterocycles. The molecule has 156 valence electrons. The SMILES string of the molecule is CCCOC(=NC(=O)c1cccc(F)c1)N(C)CCc1ccc(OC)c(OC)c1. The number of hydrogen-bond acceptors (Lipinski definition) is 4. The van der Waals surface area contributed by atoms with Gasteiger partial charge in [0.2, 0.25) is 0 Å². The molecule has 1 amide bonds. The number of hydrogen-bond donors (Lipinski definition) is 0. The molecule has 0 fully saturated rings. The van der Waals surface area contributed by atoms with E-state index in [1.165, 1.54) is 18.2 Å². The third-order valence-electron chi connectivity index (χ3n) is 4.21. The van der Waals surface area contributed by atoms with Gasteiger partial charge in [-0.05, 0) is 48.7 Å². The van der Waals surface area contributed by atoms with Crippen LogP contribution in [0.25, 0.3) is 0 Å². The number of likely N-dealkylation sites (N-methyl/N-ethyl adjacent to an activating group) is 1. The number of amides is 1. The van der Waals surface area contributed by atoms with Crippen LogP contribution < -0.4 is 9.47 Å². The van der Waals surface area contributed by atoms with Crippen molar-refractivity contribution in [1.82, 2.24) is 4.90 Å². The van der Waals surface area contributed by atoms with Crippen molar-refractivity contribution in [2.75, 3.05) is 34.4 Å². The number of ether oxygens (including phenoxy) is 3. The van der Waals surface area contributed by atoms with Crippen LogP contribution in [0.4, 0.5) is 4.39 Å². The lowest BCUT2D eigenvalue weighted by atomic mass is 10.1. The minimum atomic E-state index is -0.548. The molecule has 0 atom stereocenters. The summed E-state index contributed by atoms with van der Waals surface area (Å²) in [7, 11) is 4.98. The molecule has 0 radical (unpaired) electrons. The van der Waals surface area contributed by atoms with Gasteiger partial charge in [-0.25, -0.2) is 4.39 Å². The van der Waals surface area contributed by atoms with Gasteiger partial charge in [-0.15, -0.1) is 0 Å². The topological polar surface area (TPSA) is 60.4 Å². The lowest BCUT2D eigenvalue weighted by molar-refractivity contribution is 0.0994. The van der Waals surface area contributed by atoms with Gasteiger partial charge in [-0.2, -0.15) is 4.99 Å². The Morgan fingerprint density at radius 3 is 2.52 bits per heavy atom. The zero-order valence-electron chi connectivity index (χ0n) is 17.3. The number of aliphatic imine (C=N–C) groups is 1. The lowest BCUT2D eigenvalue weighted by Crippen LogP contribution is -2.32. The largest absolute Gasteiger partial charge is 0.493 e. The van der Waals surface area contributed by atoms with Crippen LogP contribution in [-0.2, 0) is 11.2 Å². The Morgan fingerprint density at radius 1 is 1.10 bits per heavy atom. The van der Waals surface area contributed by atoms with Gasteiger partial charge in [0.05, 0.1) is 20.8 Å². The first-order valence-electron chi connectivity index (χ1n) is 9.41. The Hall–Kier alpha value is -3.09. The van der Waals surface area contributed by atoms with Crippen LogP contribution in [-0.4, -0.2) is 51.2 Å². The van der Waals surface area contributed by atoms with Gasteiger partial charge in [-0.3, -0.25) is 4.79 Å². The molecule has 2 aromatic rings. The standard InChI is InChI=1S/C22H27FN2O4/c1-5-13-29-22(24-21(26)17-7-6-8-18(23)15-17)25(2)12-11-16-9-10-19(27-3)20(14-16)28-4/h6-10,14-15H,5,11-13H2,1-4H3. The predicted molar refractivity (Wildman–Crippen MR) is 110 cm³/mol. The number of methoxy groups -OCH3 is 2. The average molecular weight is 402 g/mol. The molecule has 0 aliphatic rings. The van der Waals surface area contributed by atoms with Crippen molar-refractivity contribution in [3.8, 4) is 11.5 Å². The highest BCUT2D eigenvalue weighted by Gasteiger charge is 2.14. The van der Waals surface area contributed by atoms with Gasteiger partial charge in [0, 0.05) is 19.2 Å². The molecule has 0 saturated carbocycles. The second-order valence-corrected chi connectivity index (χ2v) is 6.42. The third kappa shape index (κ3) is 6.48. The van der Waals surface area contributed by atoms with E-state index in [1.54, 1.807) is 26.2 Å². The Balaban J connectivity index is 2.12. The van der Waals surface area contributed by atoms with E-state index in [9.17, 15) is 9.18 Å². The number of rotatable bonds is 8. The van der Waals surface area contributed by atoms with Gasteiger partial charge in [-0.1, -0.05) is 19.1 Å². The Morgan fingerprint density at radius 2 is 1.86 bits per heavy atom. The third-order valence-corrected chi connectivity index (χ3v) is 4.21. The minimum absolute atomic E-state index is 0.177. The minimum Gasteiger partial charge on any atom is -0.493 e. The Labute approximate surface area is 170 Å². The number of halogens is 1. The van der Waals surface area contributed by atoms with Crippen molar-refractivity contribution in [2.24, 2.45) is 4.99 Å². The molecule has 0 aliphatic carbocycles. The summed E-state index contributed by atoms with van der Waals surface area (Å²) < 4.78 is 29.6. The molecule has 0 saturated heterocycles. The smallest absolute Gasteiger partial charge is 0.295 e. The van der Waals surface area contributed by atoms with E-state index in [2.05, 4.69) is 4.99 Å². The maximum absolute atomic E-state index is 13.4. The quantitative estimate of drug-likeness (QED) is 0.494. The number of nitrogens with zero attached hydrogens (tertiary/aromatic N) is 2. The second-order valence-electron chi connectivity index (χ2n) is 6.42. The van der Waals surface area contributed by atoms with Gasteiger partial charge < -0.3 is 19.1 Å². The Bertz CT molecular complexity index is 854. The molecule has 0 spiro atoms. The molecule has 0 aromatic heterocycles. The summed E-state index contributed by atoms with van der Waals surface area (Å²) in [6.45, 7) is 2.96. The highest BCUT2D eigenvalue weighted by molar-refractivity contribution is 6.01. The van der Waals surface area contributed by atoms with Crippen LogP contribution in [0, 0.1) is 5.82 Å². The van der Waals surface area contributed by atoms with E-state index in [1.807, 2.05) is 25.1 Å². The summed E-state index contributed by atoms with van der Waals surface area (Å²) in [4.78, 5) is 18.2. The van der Waals surface area contributed by atoms with Crippen molar-refractivity contribution in [3.05, 3.63) is 59.4 Å². The summed E-state index contributed by atoms with van der Waals surface area (Å²) >= 11 is 0. The molecule has 2 rings (SSSR count). The molecular weight excluding hydrogens is 375 g/mol. The summed E-state index contributed by atoms with van der Waals surface area (Å²) in [6, 6.07) is 11.4. The van der Waals surface area contributed by atoms with Crippen LogP contribution in [0.3, 0.4) is 0 Å². The van der Waals surface area contributed by atoms with E-state index in [4.69, 9.17) is 14.2 Å². The van der Waals surface area contributed by atoms with Crippen LogP contribution >= 0.6 is 0 Å². The van der Waals surface area contributed by atoms with Crippen molar-refractivity contribution >= 4 is 11.9 Å². The highest BCUT2D eigenvalue weighted by Crippen LogP contribution is 2.27. The molecule has 2 aromatic carbocycles. The van der Waals surface area contributed by atoms with Crippen LogP contribution in [0.1, 0.15) is 29.3 Å². The molecule has 29 heavy (non-hydrogen) atoms. The molecule has 6 nitrogen and oxygen atoms in total. The van der Waals surface area contributed by atoms with E-state index in [0.29, 0.717) is 31.1 Å². The van der Waals surface area contributed by atoms with Crippen molar-refractivity contribution in [3.63, 3.8) is 0 Å². The predicted octanol–water partition coefficient (Wildman–Crippen LogP) is 3.94. The molecule has 0 bridgehead atoms. The molecular formula is C22H27FN2O4. The first-order chi connectivity index (χ1) is 14.0. The molecule has 0 N–H and O–H groups in total. The first kappa shape index (κ1) is 22.2. The van der Waals surface area contributed by atoms with Crippen LogP contribution in [0.15, 0.2) is 47.5 Å². The van der Waals surface area contributed by atoms with Crippen LogP contribution in [0.2, 0.25) is 0 Å². The fourth-order valence-electron chi connectivity index (χ4n) is 2.62. The second kappa shape index (κ2) is 11.0. The van der Waals surface area contributed by atoms with Crippen LogP contribution in [0.5, 0.6) is 11.5 Å². The monoisotopic (exact) mass is 402 g/mol. The van der Waals surface area contributed by atoms with Gasteiger partial charge in [0.25, 0.3) is 11.9 Å². The van der Waals surface area contributed by atoms with Gasteiger partial charge >= 0.3 is 0 Å². The highest BCUT2D eigenvalue weighted by atomic mass is 19.1. The van der Waals surface area contributed by atoms with Gasteiger partial charge in [0.15, 0.2) is 11.5 Å². The molecule has 7 heteroatoms.